The molecule has 158 valence electrons. The monoisotopic (exact) mass is 404 g/mol. The zero-order valence-electron chi connectivity index (χ0n) is 17.2. The van der Waals surface area contributed by atoms with Gasteiger partial charge in [0.15, 0.2) is 17.2 Å². The molecule has 1 N–H and O–H groups in total. The molecule has 0 saturated heterocycles. The molecule has 4 aliphatic rings. The second kappa shape index (κ2) is 6.59. The predicted molar refractivity (Wildman–Crippen MR) is 103 cm³/mol. The van der Waals surface area contributed by atoms with Crippen LogP contribution in [0.1, 0.15) is 52.9 Å². The van der Waals surface area contributed by atoms with E-state index in [0.717, 1.165) is 5.57 Å². The first-order chi connectivity index (χ1) is 13.5. The largest absolute Gasteiger partial charge is 0.458 e. The quantitative estimate of drug-likeness (QED) is 0.731. The van der Waals surface area contributed by atoms with E-state index in [-0.39, 0.29) is 42.3 Å². The Morgan fingerprint density at radius 3 is 2.66 bits per heavy atom. The van der Waals surface area contributed by atoms with Gasteiger partial charge in [0.25, 0.3) is 0 Å². The minimum atomic E-state index is -1.87. The number of Topliss-reactive ketones (excluding diaryl/α,β-unsaturated/α-hetero) is 1. The van der Waals surface area contributed by atoms with Gasteiger partial charge in [-0.25, -0.2) is 4.39 Å². The summed E-state index contributed by atoms with van der Waals surface area (Å²) in [6.07, 6.45) is 6.04. The molecule has 0 aromatic rings. The lowest BCUT2D eigenvalue weighted by molar-refractivity contribution is -0.196. The van der Waals surface area contributed by atoms with Crippen LogP contribution in [0.3, 0.4) is 0 Å². The molecule has 4 aliphatic carbocycles. The summed E-state index contributed by atoms with van der Waals surface area (Å²) < 4.78 is 21.8. The minimum absolute atomic E-state index is 0.0356. The summed E-state index contributed by atoms with van der Waals surface area (Å²) >= 11 is 0. The van der Waals surface area contributed by atoms with Gasteiger partial charge in [-0.1, -0.05) is 18.6 Å². The van der Waals surface area contributed by atoms with Crippen LogP contribution in [-0.2, 0) is 19.1 Å². The van der Waals surface area contributed by atoms with Crippen LogP contribution in [0.4, 0.5) is 4.39 Å². The van der Waals surface area contributed by atoms with Crippen molar-refractivity contribution in [3.8, 4) is 0 Å². The van der Waals surface area contributed by atoms with E-state index in [4.69, 9.17) is 4.74 Å². The molecule has 0 spiro atoms. The molecule has 3 fully saturated rings. The Labute approximate surface area is 170 Å². The van der Waals surface area contributed by atoms with E-state index in [9.17, 15) is 19.5 Å². The van der Waals surface area contributed by atoms with Gasteiger partial charge in [0.05, 0.1) is 6.10 Å². The maximum Gasteiger partial charge on any atom is 0.303 e. The molecule has 29 heavy (non-hydrogen) atoms. The Balaban J connectivity index is 1.67. The van der Waals surface area contributed by atoms with Crippen molar-refractivity contribution >= 4 is 17.5 Å². The van der Waals surface area contributed by atoms with Gasteiger partial charge < -0.3 is 9.84 Å². The number of carbonyl (C=O) groups excluding carboxylic acids is 3. The summed E-state index contributed by atoms with van der Waals surface area (Å²) in [6.45, 7) is 4.78. The van der Waals surface area contributed by atoms with Crippen molar-refractivity contribution in [1.82, 2.24) is 0 Å². The summed E-state index contributed by atoms with van der Waals surface area (Å²) in [4.78, 5) is 35.7. The smallest absolute Gasteiger partial charge is 0.303 e. The zero-order chi connectivity index (χ0) is 21.2. The molecule has 7 atom stereocenters. The second-order valence-corrected chi connectivity index (χ2v) is 9.73. The van der Waals surface area contributed by atoms with Gasteiger partial charge >= 0.3 is 5.97 Å². The van der Waals surface area contributed by atoms with Gasteiger partial charge in [-0.3, -0.25) is 14.4 Å². The van der Waals surface area contributed by atoms with Crippen LogP contribution in [0.15, 0.2) is 23.8 Å². The molecule has 3 saturated carbocycles. The van der Waals surface area contributed by atoms with Gasteiger partial charge in [-0.2, -0.15) is 0 Å². The lowest BCUT2D eigenvalue weighted by atomic mass is 9.45. The van der Waals surface area contributed by atoms with Crippen molar-refractivity contribution in [3.63, 3.8) is 0 Å². The molecular formula is C23H29FO5. The van der Waals surface area contributed by atoms with E-state index in [2.05, 4.69) is 0 Å². The summed E-state index contributed by atoms with van der Waals surface area (Å²) in [5.74, 6) is -1.54. The maximum atomic E-state index is 16.8. The second-order valence-electron chi connectivity index (χ2n) is 9.73. The van der Waals surface area contributed by atoms with Crippen LogP contribution in [0.5, 0.6) is 0 Å². The van der Waals surface area contributed by atoms with Crippen molar-refractivity contribution in [3.05, 3.63) is 23.8 Å². The Kier molecular flexibility index (Phi) is 4.65. The van der Waals surface area contributed by atoms with Gasteiger partial charge in [0.2, 0.25) is 0 Å². The van der Waals surface area contributed by atoms with E-state index in [1.165, 1.54) is 19.1 Å². The fourth-order valence-electron chi connectivity index (χ4n) is 7.01. The molecule has 0 bridgehead atoms. The third kappa shape index (κ3) is 2.71. The van der Waals surface area contributed by atoms with Crippen LogP contribution >= 0.6 is 0 Å². The highest BCUT2D eigenvalue weighted by Gasteiger charge is 2.70. The third-order valence-electron chi connectivity index (χ3n) is 8.44. The Morgan fingerprint density at radius 1 is 1.24 bits per heavy atom. The normalized spacial score (nSPS) is 45.7. The van der Waals surface area contributed by atoms with Crippen molar-refractivity contribution in [2.45, 2.75) is 64.6 Å². The highest BCUT2D eigenvalue weighted by molar-refractivity contribution is 6.01. The molecule has 1 unspecified atom stereocenters. The zero-order valence-corrected chi connectivity index (χ0v) is 17.2. The molecule has 0 aromatic heterocycles. The highest BCUT2D eigenvalue weighted by atomic mass is 19.1. The van der Waals surface area contributed by atoms with Crippen molar-refractivity contribution < 1.29 is 28.6 Å². The highest BCUT2D eigenvalue weighted by Crippen LogP contribution is 2.68. The Hall–Kier alpha value is -1.82. The number of aliphatic hydroxyl groups is 1. The van der Waals surface area contributed by atoms with Gasteiger partial charge in [-0.05, 0) is 62.5 Å². The summed E-state index contributed by atoms with van der Waals surface area (Å²) in [7, 11) is 0. The standard InChI is InChI=1S/C23H29FO5/c1-13(25)29-12-19(27)18-7-6-16-17-5-4-14-10-15(26)8-9-22(14,3)23(17,24)20(28)11-21(16,18)2/h8-10,16-18,20,28H,4-7,11-12H2,1-3H3/t16-,17-,18+,20?,21-,22-,23-/m0/s1. The SMILES string of the molecule is CC(=O)OCC(=O)[C@H]1CC[C@H]2[C@@H]3CCC4=CC(=O)C=C[C@]4(C)[C@@]3(F)C(O)C[C@]12C. The van der Waals surface area contributed by atoms with Gasteiger partial charge in [0.1, 0.15) is 6.61 Å². The average Bonchev–Trinajstić information content (AvgIpc) is 2.98. The molecule has 0 aliphatic heterocycles. The molecule has 5 nitrogen and oxygen atoms in total. The number of ketones is 2. The number of aliphatic hydroxyl groups excluding tert-OH is 1. The molecule has 0 heterocycles. The van der Waals surface area contributed by atoms with Crippen LogP contribution in [-0.4, -0.2) is 41.0 Å². The minimum Gasteiger partial charge on any atom is -0.458 e. The molecule has 0 amide bonds. The van der Waals surface area contributed by atoms with Crippen molar-refractivity contribution in [2.24, 2.45) is 28.6 Å². The number of fused-ring (bicyclic) bond motifs is 5. The molecule has 6 heteroatoms. The molecule has 4 rings (SSSR count). The first-order valence-electron chi connectivity index (χ1n) is 10.5. The number of allylic oxidation sites excluding steroid dienone is 4. The molecule has 0 aromatic carbocycles. The number of hydrogen-bond donors (Lipinski definition) is 1. The number of esters is 1. The van der Waals surface area contributed by atoms with Gasteiger partial charge in [0, 0.05) is 24.2 Å². The number of alkyl halides is 1. The predicted octanol–water partition coefficient (Wildman–Crippen LogP) is 3.11. The first kappa shape index (κ1) is 20.5. The summed E-state index contributed by atoms with van der Waals surface area (Å²) in [5.41, 5.74) is -2.65. The first-order valence-corrected chi connectivity index (χ1v) is 10.5. The molecular weight excluding hydrogens is 375 g/mol. The number of hydrogen-bond acceptors (Lipinski definition) is 5. The van der Waals surface area contributed by atoms with Crippen LogP contribution < -0.4 is 0 Å². The van der Waals surface area contributed by atoms with Crippen molar-refractivity contribution in [1.29, 1.82) is 0 Å². The van der Waals surface area contributed by atoms with Crippen molar-refractivity contribution in [2.75, 3.05) is 6.61 Å². The maximum absolute atomic E-state index is 16.8. The Bertz CT molecular complexity index is 831. The lowest BCUT2D eigenvalue weighted by Gasteiger charge is -2.62. The average molecular weight is 404 g/mol. The lowest BCUT2D eigenvalue weighted by Crippen LogP contribution is -2.66. The summed E-state index contributed by atoms with van der Waals surface area (Å²) in [5, 5.41) is 11.1. The van der Waals surface area contributed by atoms with Crippen LogP contribution in [0.25, 0.3) is 0 Å². The number of ether oxygens (including phenoxy) is 1. The van der Waals surface area contributed by atoms with E-state index < -0.39 is 28.6 Å². The third-order valence-corrected chi connectivity index (χ3v) is 8.44. The van der Waals surface area contributed by atoms with E-state index in [0.29, 0.717) is 25.7 Å². The molecule has 0 radical (unpaired) electrons. The van der Waals surface area contributed by atoms with Crippen LogP contribution in [0.2, 0.25) is 0 Å². The summed E-state index contributed by atoms with van der Waals surface area (Å²) in [6, 6.07) is 0. The number of carbonyl (C=O) groups is 3. The topological polar surface area (TPSA) is 80.7 Å². The fraction of sp³-hybridized carbons (Fsp3) is 0.696. The van der Waals surface area contributed by atoms with Crippen LogP contribution in [0, 0.1) is 28.6 Å². The van der Waals surface area contributed by atoms with E-state index >= 15 is 4.39 Å². The van der Waals surface area contributed by atoms with E-state index in [1.54, 1.807) is 13.0 Å². The number of rotatable bonds is 3. The number of halogens is 1. The Morgan fingerprint density at radius 2 is 1.97 bits per heavy atom. The van der Waals surface area contributed by atoms with Gasteiger partial charge in [-0.15, -0.1) is 0 Å². The van der Waals surface area contributed by atoms with E-state index in [1.807, 2.05) is 6.92 Å². The fourth-order valence-corrected chi connectivity index (χ4v) is 7.01.